The van der Waals surface area contributed by atoms with Gasteiger partial charge in [-0.2, -0.15) is 0 Å². The van der Waals surface area contributed by atoms with Crippen LogP contribution in [0.2, 0.25) is 0 Å². The molecule has 1 amide bonds. The molecule has 1 aliphatic heterocycles. The Morgan fingerprint density at radius 1 is 1.56 bits per heavy atom. The molecule has 0 aliphatic carbocycles. The van der Waals surface area contributed by atoms with E-state index in [-0.39, 0.29) is 23.3 Å². The van der Waals surface area contributed by atoms with Gasteiger partial charge in [0.1, 0.15) is 11.6 Å². The van der Waals surface area contributed by atoms with Gasteiger partial charge in [0.15, 0.2) is 0 Å². The first-order valence-electron chi connectivity index (χ1n) is 5.04. The van der Waals surface area contributed by atoms with Gasteiger partial charge in [-0.15, -0.1) is 0 Å². The molecule has 1 aromatic rings. The number of hydrogen-bond acceptors (Lipinski definition) is 3. The zero-order valence-electron chi connectivity index (χ0n) is 8.57. The molecule has 1 atom stereocenters. The van der Waals surface area contributed by atoms with E-state index in [1.807, 2.05) is 0 Å². The number of phenols is 1. The van der Waals surface area contributed by atoms with Crippen LogP contribution in [-0.2, 0) is 9.53 Å². The maximum Gasteiger partial charge on any atom is 0.229 e. The lowest BCUT2D eigenvalue weighted by Gasteiger charge is -2.10. The Morgan fingerprint density at radius 2 is 2.38 bits per heavy atom. The first-order chi connectivity index (χ1) is 7.66. The number of carbonyl (C=O) groups is 1. The molecule has 4 nitrogen and oxygen atoms in total. The summed E-state index contributed by atoms with van der Waals surface area (Å²) < 4.78 is 18.4. The maximum atomic E-state index is 13.3. The number of hydrogen-bond donors (Lipinski definition) is 2. The number of aromatic hydroxyl groups is 1. The van der Waals surface area contributed by atoms with Crippen LogP contribution in [0.15, 0.2) is 18.2 Å². The van der Waals surface area contributed by atoms with E-state index in [1.54, 1.807) is 0 Å². The average molecular weight is 225 g/mol. The van der Waals surface area contributed by atoms with Crippen LogP contribution < -0.4 is 5.32 Å². The summed E-state index contributed by atoms with van der Waals surface area (Å²) >= 11 is 0. The summed E-state index contributed by atoms with van der Waals surface area (Å²) in [5.41, 5.74) is 0.0784. The molecule has 0 bridgehead atoms. The second-order valence-electron chi connectivity index (χ2n) is 3.71. The first-order valence-corrected chi connectivity index (χ1v) is 5.04. The van der Waals surface area contributed by atoms with E-state index >= 15 is 0 Å². The van der Waals surface area contributed by atoms with Crippen molar-refractivity contribution in [1.82, 2.24) is 0 Å². The van der Waals surface area contributed by atoms with E-state index < -0.39 is 5.82 Å². The van der Waals surface area contributed by atoms with Crippen molar-refractivity contribution in [2.24, 2.45) is 5.92 Å². The lowest BCUT2D eigenvalue weighted by Crippen LogP contribution is -2.23. The smallest absolute Gasteiger partial charge is 0.229 e. The van der Waals surface area contributed by atoms with E-state index in [9.17, 15) is 9.18 Å². The number of amides is 1. The highest BCUT2D eigenvalue weighted by atomic mass is 19.1. The lowest BCUT2D eigenvalue weighted by atomic mass is 10.1. The largest absolute Gasteiger partial charge is 0.508 e. The van der Waals surface area contributed by atoms with Crippen molar-refractivity contribution in [2.45, 2.75) is 6.42 Å². The third kappa shape index (κ3) is 2.30. The van der Waals surface area contributed by atoms with Gasteiger partial charge < -0.3 is 15.2 Å². The topological polar surface area (TPSA) is 58.6 Å². The summed E-state index contributed by atoms with van der Waals surface area (Å²) in [4.78, 5) is 11.6. The van der Waals surface area contributed by atoms with Gasteiger partial charge in [0, 0.05) is 12.7 Å². The number of nitrogens with one attached hydrogen (secondary N) is 1. The van der Waals surface area contributed by atoms with Gasteiger partial charge in [-0.3, -0.25) is 4.79 Å². The predicted octanol–water partition coefficient (Wildman–Crippen LogP) is 1.51. The number of ether oxygens (including phenoxy) is 1. The number of phenolic OH excluding ortho intramolecular Hbond substituents is 1. The maximum absolute atomic E-state index is 13.3. The van der Waals surface area contributed by atoms with E-state index in [1.165, 1.54) is 12.1 Å². The molecule has 1 saturated heterocycles. The summed E-state index contributed by atoms with van der Waals surface area (Å²) in [6.07, 6.45) is 0.658. The molecule has 0 spiro atoms. The van der Waals surface area contributed by atoms with E-state index in [2.05, 4.69) is 5.32 Å². The molecule has 16 heavy (non-hydrogen) atoms. The van der Waals surface area contributed by atoms with Crippen LogP contribution in [0.3, 0.4) is 0 Å². The van der Waals surface area contributed by atoms with Crippen molar-refractivity contribution < 1.29 is 19.0 Å². The summed E-state index contributed by atoms with van der Waals surface area (Å²) in [5, 5.41) is 11.5. The number of anilines is 1. The van der Waals surface area contributed by atoms with E-state index in [0.29, 0.717) is 19.6 Å². The van der Waals surface area contributed by atoms with E-state index in [4.69, 9.17) is 9.84 Å². The van der Waals surface area contributed by atoms with Crippen LogP contribution in [0.4, 0.5) is 10.1 Å². The van der Waals surface area contributed by atoms with Crippen molar-refractivity contribution >= 4 is 11.6 Å². The molecule has 1 heterocycles. The molecule has 2 rings (SSSR count). The Balaban J connectivity index is 2.05. The molecule has 1 unspecified atom stereocenters. The molecule has 0 radical (unpaired) electrons. The predicted molar refractivity (Wildman–Crippen MR) is 55.6 cm³/mol. The summed E-state index contributed by atoms with van der Waals surface area (Å²) in [5.74, 6) is -1.28. The van der Waals surface area contributed by atoms with Crippen molar-refractivity contribution in [3.05, 3.63) is 24.0 Å². The van der Waals surface area contributed by atoms with Crippen LogP contribution in [0, 0.1) is 11.7 Å². The van der Waals surface area contributed by atoms with Crippen molar-refractivity contribution in [1.29, 1.82) is 0 Å². The second-order valence-corrected chi connectivity index (χ2v) is 3.71. The zero-order valence-corrected chi connectivity index (χ0v) is 8.57. The van der Waals surface area contributed by atoms with Crippen molar-refractivity contribution in [2.75, 3.05) is 18.5 Å². The fourth-order valence-electron chi connectivity index (χ4n) is 1.58. The number of halogens is 1. The lowest BCUT2D eigenvalue weighted by molar-refractivity contribution is -0.119. The number of benzene rings is 1. The van der Waals surface area contributed by atoms with Crippen LogP contribution in [0.1, 0.15) is 6.42 Å². The molecule has 1 fully saturated rings. The van der Waals surface area contributed by atoms with Gasteiger partial charge in [0.05, 0.1) is 18.2 Å². The monoisotopic (exact) mass is 225 g/mol. The highest BCUT2D eigenvalue weighted by Gasteiger charge is 2.24. The first kappa shape index (κ1) is 10.9. The summed E-state index contributed by atoms with van der Waals surface area (Å²) in [6.45, 7) is 0.946. The Labute approximate surface area is 92.0 Å². The molecule has 5 heteroatoms. The fourth-order valence-corrected chi connectivity index (χ4v) is 1.58. The molecular formula is C11H12FNO3. The number of carbonyl (C=O) groups excluding carboxylic acids is 1. The third-order valence-corrected chi connectivity index (χ3v) is 2.51. The van der Waals surface area contributed by atoms with Crippen LogP contribution >= 0.6 is 0 Å². The van der Waals surface area contributed by atoms with Crippen LogP contribution in [0.25, 0.3) is 0 Å². The Kier molecular flexibility index (Phi) is 3.05. The van der Waals surface area contributed by atoms with E-state index in [0.717, 1.165) is 6.07 Å². The minimum Gasteiger partial charge on any atom is -0.508 e. The van der Waals surface area contributed by atoms with Crippen molar-refractivity contribution in [3.8, 4) is 5.75 Å². The second kappa shape index (κ2) is 4.49. The van der Waals surface area contributed by atoms with Gasteiger partial charge in [0.25, 0.3) is 0 Å². The third-order valence-electron chi connectivity index (χ3n) is 2.51. The molecule has 0 aromatic heterocycles. The molecule has 1 aromatic carbocycles. The van der Waals surface area contributed by atoms with Gasteiger partial charge in [-0.1, -0.05) is 0 Å². The Hall–Kier alpha value is -1.62. The van der Waals surface area contributed by atoms with Crippen molar-refractivity contribution in [3.63, 3.8) is 0 Å². The van der Waals surface area contributed by atoms with Gasteiger partial charge in [0.2, 0.25) is 5.91 Å². The van der Waals surface area contributed by atoms with Gasteiger partial charge in [-0.05, 0) is 18.6 Å². The van der Waals surface area contributed by atoms with Crippen LogP contribution in [0.5, 0.6) is 5.75 Å². The Morgan fingerprint density at radius 3 is 3.00 bits per heavy atom. The summed E-state index contributed by atoms with van der Waals surface area (Å²) in [7, 11) is 0. The molecule has 0 saturated carbocycles. The summed E-state index contributed by atoms with van der Waals surface area (Å²) in [6, 6.07) is 3.61. The van der Waals surface area contributed by atoms with Crippen LogP contribution in [-0.4, -0.2) is 24.2 Å². The normalized spacial score (nSPS) is 19.7. The molecule has 86 valence electrons. The standard InChI is InChI=1S/C11H12FNO3/c12-9-5-8(14)1-2-10(9)13-11(15)7-3-4-16-6-7/h1-2,5,7,14H,3-4,6H2,(H,13,15). The zero-order chi connectivity index (χ0) is 11.5. The Bertz CT molecular complexity index is 402. The molecule has 2 N–H and O–H groups in total. The minimum atomic E-state index is -0.646. The quantitative estimate of drug-likeness (QED) is 0.750. The minimum absolute atomic E-state index is 0.0784. The fraction of sp³-hybridized carbons (Fsp3) is 0.364. The SMILES string of the molecule is O=C(Nc1ccc(O)cc1F)C1CCOC1. The van der Waals surface area contributed by atoms with Gasteiger partial charge >= 0.3 is 0 Å². The highest BCUT2D eigenvalue weighted by molar-refractivity contribution is 5.92. The average Bonchev–Trinajstić information content (AvgIpc) is 2.75. The van der Waals surface area contributed by atoms with Gasteiger partial charge in [-0.25, -0.2) is 4.39 Å². The molecule has 1 aliphatic rings. The molecular weight excluding hydrogens is 213 g/mol. The number of rotatable bonds is 2. The highest BCUT2D eigenvalue weighted by Crippen LogP contribution is 2.21.